The van der Waals surface area contributed by atoms with Crippen LogP contribution in [0.4, 0.5) is 5.69 Å². The highest BCUT2D eigenvalue weighted by Gasteiger charge is 2.21. The number of aliphatic hydroxyl groups is 1. The van der Waals surface area contributed by atoms with E-state index in [0.717, 1.165) is 11.3 Å². The van der Waals surface area contributed by atoms with Gasteiger partial charge in [-0.05, 0) is 17.7 Å². The van der Waals surface area contributed by atoms with Gasteiger partial charge < -0.3 is 10.0 Å². The van der Waals surface area contributed by atoms with E-state index in [0.29, 0.717) is 13.1 Å². The molecule has 2 rings (SSSR count). The third-order valence-electron chi connectivity index (χ3n) is 2.83. The first-order valence-corrected chi connectivity index (χ1v) is 7.08. The van der Waals surface area contributed by atoms with E-state index in [9.17, 15) is 8.42 Å². The van der Waals surface area contributed by atoms with Crippen molar-refractivity contribution in [1.82, 2.24) is 0 Å². The van der Waals surface area contributed by atoms with Crippen molar-refractivity contribution in [3.8, 4) is 0 Å². The van der Waals surface area contributed by atoms with Crippen LogP contribution in [-0.2, 0) is 16.4 Å². The molecule has 5 heteroatoms. The van der Waals surface area contributed by atoms with Crippen molar-refractivity contribution in [1.29, 1.82) is 0 Å². The number of benzene rings is 1. The van der Waals surface area contributed by atoms with Gasteiger partial charge in [-0.2, -0.15) is 0 Å². The van der Waals surface area contributed by atoms with Crippen molar-refractivity contribution >= 4 is 15.5 Å². The lowest BCUT2D eigenvalue weighted by Gasteiger charge is -2.28. The van der Waals surface area contributed by atoms with Gasteiger partial charge in [0, 0.05) is 18.8 Å². The van der Waals surface area contributed by atoms with E-state index in [1.807, 2.05) is 24.3 Å². The van der Waals surface area contributed by atoms with Gasteiger partial charge in [-0.3, -0.25) is 0 Å². The molecule has 1 N–H and O–H groups in total. The number of rotatable bonds is 2. The van der Waals surface area contributed by atoms with Crippen molar-refractivity contribution in [3.05, 3.63) is 29.8 Å². The van der Waals surface area contributed by atoms with Crippen LogP contribution in [0.25, 0.3) is 0 Å². The molecule has 1 heterocycles. The number of sulfone groups is 1. The van der Waals surface area contributed by atoms with Crippen molar-refractivity contribution in [3.63, 3.8) is 0 Å². The Kier molecular flexibility index (Phi) is 3.16. The summed E-state index contributed by atoms with van der Waals surface area (Å²) in [6, 6.07) is 7.56. The molecule has 1 saturated heterocycles. The third-order valence-corrected chi connectivity index (χ3v) is 4.44. The van der Waals surface area contributed by atoms with Gasteiger partial charge in [0.15, 0.2) is 9.84 Å². The van der Waals surface area contributed by atoms with E-state index in [2.05, 4.69) is 4.90 Å². The molecular formula is C11H15NO3S. The minimum atomic E-state index is -2.82. The van der Waals surface area contributed by atoms with Crippen molar-refractivity contribution in [2.75, 3.05) is 29.5 Å². The summed E-state index contributed by atoms with van der Waals surface area (Å²) in [7, 11) is -2.82. The van der Waals surface area contributed by atoms with Crippen LogP contribution in [-0.4, -0.2) is 38.1 Å². The number of hydrogen-bond acceptors (Lipinski definition) is 4. The molecule has 0 radical (unpaired) electrons. The molecule has 0 unspecified atom stereocenters. The van der Waals surface area contributed by atoms with Gasteiger partial charge >= 0.3 is 0 Å². The zero-order chi connectivity index (χ0) is 11.6. The normalized spacial score (nSPS) is 19.7. The predicted octanol–water partition coefficient (Wildman–Crippen LogP) is 0.414. The Morgan fingerprint density at radius 1 is 1.12 bits per heavy atom. The molecule has 1 fully saturated rings. The summed E-state index contributed by atoms with van der Waals surface area (Å²) in [5.74, 6) is 0.462. The third kappa shape index (κ3) is 2.54. The fourth-order valence-corrected chi connectivity index (χ4v) is 2.98. The summed E-state index contributed by atoms with van der Waals surface area (Å²) >= 11 is 0. The summed E-state index contributed by atoms with van der Waals surface area (Å²) in [6.07, 6.45) is 0. The largest absolute Gasteiger partial charge is 0.392 e. The Hall–Kier alpha value is -1.07. The van der Waals surface area contributed by atoms with Crippen molar-refractivity contribution in [2.24, 2.45) is 0 Å². The van der Waals surface area contributed by atoms with Gasteiger partial charge in [-0.1, -0.05) is 12.1 Å². The summed E-state index contributed by atoms with van der Waals surface area (Å²) in [5.41, 5.74) is 1.89. The zero-order valence-corrected chi connectivity index (χ0v) is 9.78. The Morgan fingerprint density at radius 2 is 1.69 bits per heavy atom. The van der Waals surface area contributed by atoms with Crippen LogP contribution in [0, 0.1) is 0 Å². The van der Waals surface area contributed by atoms with E-state index >= 15 is 0 Å². The van der Waals surface area contributed by atoms with Gasteiger partial charge in [0.2, 0.25) is 0 Å². The molecule has 88 valence electrons. The van der Waals surface area contributed by atoms with Crippen LogP contribution < -0.4 is 4.90 Å². The first-order chi connectivity index (χ1) is 7.61. The molecule has 0 saturated carbocycles. The summed E-state index contributed by atoms with van der Waals surface area (Å²) < 4.78 is 22.5. The first kappa shape index (κ1) is 11.4. The second-order valence-electron chi connectivity index (χ2n) is 3.96. The van der Waals surface area contributed by atoms with Gasteiger partial charge in [0.05, 0.1) is 18.1 Å². The molecule has 1 aliphatic rings. The SMILES string of the molecule is O=S1(=O)CCN(c2ccc(CO)cc2)CC1. The average Bonchev–Trinajstić information content (AvgIpc) is 2.29. The number of aliphatic hydroxyl groups excluding tert-OH is 1. The number of anilines is 1. The van der Waals surface area contributed by atoms with E-state index in [-0.39, 0.29) is 18.1 Å². The predicted molar refractivity (Wildman–Crippen MR) is 63.2 cm³/mol. The minimum Gasteiger partial charge on any atom is -0.392 e. The Labute approximate surface area is 95.4 Å². The maximum atomic E-state index is 11.3. The van der Waals surface area contributed by atoms with Crippen LogP contribution >= 0.6 is 0 Å². The highest BCUT2D eigenvalue weighted by atomic mass is 32.2. The van der Waals surface area contributed by atoms with E-state index in [4.69, 9.17) is 5.11 Å². The van der Waals surface area contributed by atoms with E-state index in [1.165, 1.54) is 0 Å². The van der Waals surface area contributed by atoms with E-state index in [1.54, 1.807) is 0 Å². The fraction of sp³-hybridized carbons (Fsp3) is 0.455. The number of hydrogen-bond donors (Lipinski definition) is 1. The van der Waals surface area contributed by atoms with Crippen LogP contribution in [0.2, 0.25) is 0 Å². The fourth-order valence-electron chi connectivity index (χ4n) is 1.78. The van der Waals surface area contributed by atoms with Crippen LogP contribution in [0.15, 0.2) is 24.3 Å². The van der Waals surface area contributed by atoms with Crippen molar-refractivity contribution in [2.45, 2.75) is 6.61 Å². The second-order valence-corrected chi connectivity index (χ2v) is 6.27. The summed E-state index contributed by atoms with van der Waals surface area (Å²) in [5, 5.41) is 8.91. The Morgan fingerprint density at radius 3 is 2.19 bits per heavy atom. The Balaban J connectivity index is 2.08. The topological polar surface area (TPSA) is 57.6 Å². The highest BCUT2D eigenvalue weighted by Crippen LogP contribution is 2.17. The molecule has 0 amide bonds. The van der Waals surface area contributed by atoms with Crippen molar-refractivity contribution < 1.29 is 13.5 Å². The lowest BCUT2D eigenvalue weighted by atomic mass is 10.2. The van der Waals surface area contributed by atoms with Crippen LogP contribution in [0.5, 0.6) is 0 Å². The smallest absolute Gasteiger partial charge is 0.153 e. The zero-order valence-electron chi connectivity index (χ0n) is 8.96. The molecule has 0 aromatic heterocycles. The standard InChI is InChI=1S/C11H15NO3S/c13-9-10-1-3-11(4-2-10)12-5-7-16(14,15)8-6-12/h1-4,13H,5-9H2. The average molecular weight is 241 g/mol. The molecular weight excluding hydrogens is 226 g/mol. The molecule has 0 bridgehead atoms. The summed E-state index contributed by atoms with van der Waals surface area (Å²) in [4.78, 5) is 2.06. The van der Waals surface area contributed by atoms with Gasteiger partial charge in [-0.25, -0.2) is 8.42 Å². The molecule has 1 aromatic carbocycles. The maximum absolute atomic E-state index is 11.3. The van der Waals surface area contributed by atoms with Crippen LogP contribution in [0.1, 0.15) is 5.56 Å². The maximum Gasteiger partial charge on any atom is 0.153 e. The lowest BCUT2D eigenvalue weighted by Crippen LogP contribution is -2.40. The Bertz CT molecular complexity index is 439. The molecule has 16 heavy (non-hydrogen) atoms. The second kappa shape index (κ2) is 4.43. The molecule has 4 nitrogen and oxygen atoms in total. The number of nitrogens with zero attached hydrogens (tertiary/aromatic N) is 1. The molecule has 1 aromatic rings. The van der Waals surface area contributed by atoms with E-state index < -0.39 is 9.84 Å². The molecule has 1 aliphatic heterocycles. The summed E-state index contributed by atoms with van der Waals surface area (Å²) in [6.45, 7) is 1.15. The first-order valence-electron chi connectivity index (χ1n) is 5.26. The quantitative estimate of drug-likeness (QED) is 0.815. The van der Waals surface area contributed by atoms with Gasteiger partial charge in [-0.15, -0.1) is 0 Å². The molecule has 0 spiro atoms. The van der Waals surface area contributed by atoms with Gasteiger partial charge in [0.25, 0.3) is 0 Å². The minimum absolute atomic E-state index is 0.0364. The monoisotopic (exact) mass is 241 g/mol. The molecule has 0 atom stereocenters. The van der Waals surface area contributed by atoms with Gasteiger partial charge in [0.1, 0.15) is 0 Å². The lowest BCUT2D eigenvalue weighted by molar-refractivity contribution is 0.282. The van der Waals surface area contributed by atoms with Crippen LogP contribution in [0.3, 0.4) is 0 Å². The molecule has 0 aliphatic carbocycles. The highest BCUT2D eigenvalue weighted by molar-refractivity contribution is 7.91.